The summed E-state index contributed by atoms with van der Waals surface area (Å²) in [5.41, 5.74) is 1.07. The molecule has 0 aliphatic heterocycles. The molecule has 0 radical (unpaired) electrons. The Kier molecular flexibility index (Phi) is 4.97. The number of methoxy groups -OCH3 is 1. The molecule has 0 bridgehead atoms. The van der Waals surface area contributed by atoms with Crippen LogP contribution in [0.2, 0.25) is 0 Å². The average Bonchev–Trinajstić information content (AvgIpc) is 3.12. The molecule has 0 saturated heterocycles. The molecule has 0 atom stereocenters. The van der Waals surface area contributed by atoms with E-state index in [1.807, 2.05) is 0 Å². The first kappa shape index (κ1) is 13.8. The lowest BCUT2D eigenvalue weighted by molar-refractivity contribution is 0.205. The first-order valence-corrected chi connectivity index (χ1v) is 7.46. The minimum Gasteiger partial charge on any atom is -0.391 e. The lowest BCUT2D eigenvalue weighted by atomic mass is 10.2. The van der Waals surface area contributed by atoms with E-state index in [0.717, 1.165) is 41.7 Å². The molecular formula is C13H22N2O2S. The SMILES string of the molecule is CCCc1nc(N(CCOC)C2CC2)sc1CO. The Balaban J connectivity index is 2.13. The second kappa shape index (κ2) is 6.50. The maximum absolute atomic E-state index is 9.40. The summed E-state index contributed by atoms with van der Waals surface area (Å²) in [7, 11) is 1.73. The van der Waals surface area contributed by atoms with Gasteiger partial charge < -0.3 is 14.7 Å². The minimum atomic E-state index is 0.107. The molecule has 1 saturated carbocycles. The summed E-state index contributed by atoms with van der Waals surface area (Å²) in [5.74, 6) is 0. The summed E-state index contributed by atoms with van der Waals surface area (Å²) in [5, 5.41) is 10.5. The lowest BCUT2D eigenvalue weighted by Crippen LogP contribution is -2.29. The van der Waals surface area contributed by atoms with E-state index in [2.05, 4.69) is 11.8 Å². The molecule has 1 heterocycles. The standard InChI is InChI=1S/C13H22N2O2S/c1-3-4-11-12(9-16)18-13(14-11)15(7-8-17-2)10-5-6-10/h10,16H,3-9H2,1-2H3. The van der Waals surface area contributed by atoms with Crippen LogP contribution in [0, 0.1) is 0 Å². The van der Waals surface area contributed by atoms with Gasteiger partial charge in [-0.3, -0.25) is 0 Å². The van der Waals surface area contributed by atoms with Crippen LogP contribution in [0.3, 0.4) is 0 Å². The van der Waals surface area contributed by atoms with E-state index in [0.29, 0.717) is 6.04 Å². The smallest absolute Gasteiger partial charge is 0.186 e. The number of rotatable bonds is 8. The van der Waals surface area contributed by atoms with Gasteiger partial charge in [0.25, 0.3) is 0 Å². The van der Waals surface area contributed by atoms with E-state index in [1.165, 1.54) is 12.8 Å². The quantitative estimate of drug-likeness (QED) is 0.786. The largest absolute Gasteiger partial charge is 0.391 e. The van der Waals surface area contributed by atoms with Crippen LogP contribution in [-0.2, 0) is 17.8 Å². The molecule has 1 fully saturated rings. The number of aliphatic hydroxyl groups is 1. The molecule has 5 heteroatoms. The Bertz CT molecular complexity index is 377. The van der Waals surface area contributed by atoms with E-state index in [1.54, 1.807) is 18.4 Å². The summed E-state index contributed by atoms with van der Waals surface area (Å²) >= 11 is 1.64. The highest BCUT2D eigenvalue weighted by Crippen LogP contribution is 2.35. The third kappa shape index (κ3) is 3.22. The molecule has 1 aromatic heterocycles. The van der Waals surface area contributed by atoms with Gasteiger partial charge in [0.15, 0.2) is 5.13 Å². The van der Waals surface area contributed by atoms with E-state index < -0.39 is 0 Å². The zero-order chi connectivity index (χ0) is 13.0. The van der Waals surface area contributed by atoms with Crippen LogP contribution in [0.15, 0.2) is 0 Å². The van der Waals surface area contributed by atoms with E-state index in [9.17, 15) is 5.11 Å². The molecule has 102 valence electrons. The Labute approximate surface area is 113 Å². The Hall–Kier alpha value is -0.650. The predicted octanol–water partition coefficient (Wildman–Crippen LogP) is 2.20. The van der Waals surface area contributed by atoms with Gasteiger partial charge in [-0.05, 0) is 19.3 Å². The van der Waals surface area contributed by atoms with Gasteiger partial charge in [0, 0.05) is 19.7 Å². The Morgan fingerprint density at radius 1 is 1.50 bits per heavy atom. The molecule has 0 spiro atoms. The van der Waals surface area contributed by atoms with Crippen LogP contribution in [0.4, 0.5) is 5.13 Å². The molecular weight excluding hydrogens is 248 g/mol. The van der Waals surface area contributed by atoms with Crippen molar-refractivity contribution in [2.75, 3.05) is 25.2 Å². The number of aryl methyl sites for hydroxylation is 1. The van der Waals surface area contributed by atoms with Gasteiger partial charge in [0.2, 0.25) is 0 Å². The molecule has 1 aromatic rings. The third-order valence-electron chi connectivity index (χ3n) is 3.17. The predicted molar refractivity (Wildman–Crippen MR) is 74.3 cm³/mol. The van der Waals surface area contributed by atoms with Crippen LogP contribution in [-0.4, -0.2) is 36.4 Å². The van der Waals surface area contributed by atoms with Gasteiger partial charge in [-0.25, -0.2) is 4.98 Å². The molecule has 0 aromatic carbocycles. The topological polar surface area (TPSA) is 45.6 Å². The van der Waals surface area contributed by atoms with Gasteiger partial charge >= 0.3 is 0 Å². The molecule has 0 amide bonds. The molecule has 1 aliphatic carbocycles. The fourth-order valence-electron chi connectivity index (χ4n) is 2.06. The molecule has 4 nitrogen and oxygen atoms in total. The summed E-state index contributed by atoms with van der Waals surface area (Å²) in [6.45, 7) is 3.87. The minimum absolute atomic E-state index is 0.107. The van der Waals surface area contributed by atoms with Gasteiger partial charge in [-0.1, -0.05) is 24.7 Å². The lowest BCUT2D eigenvalue weighted by Gasteiger charge is -2.20. The van der Waals surface area contributed by atoms with Crippen LogP contribution < -0.4 is 4.90 Å². The summed E-state index contributed by atoms with van der Waals surface area (Å²) in [6, 6.07) is 0.632. The molecule has 0 unspecified atom stereocenters. The van der Waals surface area contributed by atoms with Crippen molar-refractivity contribution in [1.82, 2.24) is 4.98 Å². The van der Waals surface area contributed by atoms with E-state index in [4.69, 9.17) is 9.72 Å². The van der Waals surface area contributed by atoms with Gasteiger partial charge in [0.1, 0.15) is 0 Å². The number of thiazole rings is 1. The second-order valence-corrected chi connectivity index (χ2v) is 5.75. The van der Waals surface area contributed by atoms with Crippen molar-refractivity contribution in [2.24, 2.45) is 0 Å². The molecule has 18 heavy (non-hydrogen) atoms. The monoisotopic (exact) mass is 270 g/mol. The summed E-state index contributed by atoms with van der Waals surface area (Å²) in [6.07, 6.45) is 4.52. The van der Waals surface area contributed by atoms with Crippen LogP contribution in [0.5, 0.6) is 0 Å². The maximum Gasteiger partial charge on any atom is 0.186 e. The highest BCUT2D eigenvalue weighted by molar-refractivity contribution is 7.15. The van der Waals surface area contributed by atoms with E-state index in [-0.39, 0.29) is 6.61 Å². The van der Waals surface area contributed by atoms with Crippen molar-refractivity contribution in [3.8, 4) is 0 Å². The van der Waals surface area contributed by atoms with Crippen molar-refractivity contribution < 1.29 is 9.84 Å². The number of aromatic nitrogens is 1. The average molecular weight is 270 g/mol. The number of anilines is 1. The Morgan fingerprint density at radius 2 is 2.28 bits per heavy atom. The van der Waals surface area contributed by atoms with Gasteiger partial charge in [0.05, 0.1) is 23.8 Å². The molecule has 1 aliphatic rings. The van der Waals surface area contributed by atoms with Crippen molar-refractivity contribution in [3.05, 3.63) is 10.6 Å². The number of ether oxygens (including phenoxy) is 1. The second-order valence-electron chi connectivity index (χ2n) is 4.69. The summed E-state index contributed by atoms with van der Waals surface area (Å²) < 4.78 is 5.17. The molecule has 2 rings (SSSR count). The number of aliphatic hydroxyl groups excluding tert-OH is 1. The van der Waals surface area contributed by atoms with Gasteiger partial charge in [-0.15, -0.1) is 0 Å². The van der Waals surface area contributed by atoms with Crippen molar-refractivity contribution >= 4 is 16.5 Å². The normalized spacial score (nSPS) is 15.1. The highest BCUT2D eigenvalue weighted by atomic mass is 32.1. The zero-order valence-corrected chi connectivity index (χ0v) is 12.0. The van der Waals surface area contributed by atoms with Crippen molar-refractivity contribution in [2.45, 2.75) is 45.3 Å². The number of hydrogen-bond donors (Lipinski definition) is 1. The van der Waals surface area contributed by atoms with Gasteiger partial charge in [-0.2, -0.15) is 0 Å². The Morgan fingerprint density at radius 3 is 2.83 bits per heavy atom. The summed E-state index contributed by atoms with van der Waals surface area (Å²) in [4.78, 5) is 8.08. The third-order valence-corrected chi connectivity index (χ3v) is 4.29. The first-order chi connectivity index (χ1) is 8.80. The highest BCUT2D eigenvalue weighted by Gasteiger charge is 2.31. The fourth-order valence-corrected chi connectivity index (χ4v) is 3.12. The fraction of sp³-hybridized carbons (Fsp3) is 0.769. The van der Waals surface area contributed by atoms with Crippen LogP contribution in [0.1, 0.15) is 36.8 Å². The van der Waals surface area contributed by atoms with Crippen molar-refractivity contribution in [1.29, 1.82) is 0 Å². The zero-order valence-electron chi connectivity index (χ0n) is 11.2. The maximum atomic E-state index is 9.40. The molecule has 1 N–H and O–H groups in total. The van der Waals surface area contributed by atoms with Crippen LogP contribution >= 0.6 is 11.3 Å². The first-order valence-electron chi connectivity index (χ1n) is 6.65. The number of nitrogens with zero attached hydrogens (tertiary/aromatic N) is 2. The van der Waals surface area contributed by atoms with Crippen molar-refractivity contribution in [3.63, 3.8) is 0 Å². The van der Waals surface area contributed by atoms with Crippen LogP contribution in [0.25, 0.3) is 0 Å². The number of hydrogen-bond acceptors (Lipinski definition) is 5. The van der Waals surface area contributed by atoms with E-state index >= 15 is 0 Å².